The Bertz CT molecular complexity index is 656. The Morgan fingerprint density at radius 1 is 1.21 bits per heavy atom. The second-order valence-corrected chi connectivity index (χ2v) is 6.95. The third-order valence-corrected chi connectivity index (χ3v) is 4.48. The molecule has 3 N–H and O–H groups in total. The molecule has 0 radical (unpaired) electrons. The van der Waals surface area contributed by atoms with E-state index in [1.165, 1.54) is 4.88 Å². The number of aliphatic imine (C=N–C) groups is 1. The maximum absolute atomic E-state index is 12.0. The minimum absolute atomic E-state index is 0.0288. The van der Waals surface area contributed by atoms with Crippen molar-refractivity contribution in [3.05, 3.63) is 51.1 Å². The predicted octanol–water partition coefficient (Wildman–Crippen LogP) is 3.59. The van der Waals surface area contributed by atoms with E-state index in [-0.39, 0.29) is 5.91 Å². The standard InChI is InChI=1S/C17H21BrN4OS/c1-2-19-17(21-12-15-4-3-11-24-15)20-10-9-16(23)22-14-7-5-13(18)6-8-14/h3-8,11H,2,9-10,12H2,1H3,(H,22,23)(H2,19,20,21). The number of guanidine groups is 1. The zero-order chi connectivity index (χ0) is 17.2. The lowest BCUT2D eigenvalue weighted by molar-refractivity contribution is -0.116. The fourth-order valence-electron chi connectivity index (χ4n) is 1.95. The van der Waals surface area contributed by atoms with Crippen LogP contribution in [-0.4, -0.2) is 25.0 Å². The van der Waals surface area contributed by atoms with Crippen LogP contribution in [-0.2, 0) is 11.3 Å². The van der Waals surface area contributed by atoms with Gasteiger partial charge in [0.2, 0.25) is 5.91 Å². The highest BCUT2D eigenvalue weighted by atomic mass is 79.9. The summed E-state index contributed by atoms with van der Waals surface area (Å²) in [6.45, 7) is 3.96. The molecule has 0 atom stereocenters. The van der Waals surface area contributed by atoms with Gasteiger partial charge in [0.25, 0.3) is 0 Å². The summed E-state index contributed by atoms with van der Waals surface area (Å²) in [6, 6.07) is 11.6. The molecular formula is C17H21BrN4OS. The molecule has 0 aliphatic carbocycles. The Morgan fingerprint density at radius 2 is 2.00 bits per heavy atom. The average Bonchev–Trinajstić information content (AvgIpc) is 3.08. The number of anilines is 1. The number of hydrogen-bond acceptors (Lipinski definition) is 3. The molecule has 2 rings (SSSR count). The van der Waals surface area contributed by atoms with E-state index < -0.39 is 0 Å². The van der Waals surface area contributed by atoms with E-state index in [4.69, 9.17) is 0 Å². The molecule has 1 aromatic carbocycles. The van der Waals surface area contributed by atoms with Gasteiger partial charge in [-0.25, -0.2) is 4.99 Å². The smallest absolute Gasteiger partial charge is 0.226 e. The second kappa shape index (κ2) is 10.1. The number of halogens is 1. The van der Waals surface area contributed by atoms with Crippen molar-refractivity contribution < 1.29 is 4.79 Å². The number of nitrogens with one attached hydrogen (secondary N) is 3. The third-order valence-electron chi connectivity index (χ3n) is 3.09. The molecule has 128 valence electrons. The monoisotopic (exact) mass is 408 g/mol. The van der Waals surface area contributed by atoms with Crippen molar-refractivity contribution in [2.24, 2.45) is 4.99 Å². The molecule has 5 nitrogen and oxygen atoms in total. The SMILES string of the molecule is CCNC(=NCc1cccs1)NCCC(=O)Nc1ccc(Br)cc1. The van der Waals surface area contributed by atoms with E-state index in [1.54, 1.807) is 11.3 Å². The quantitative estimate of drug-likeness (QED) is 0.484. The van der Waals surface area contributed by atoms with E-state index >= 15 is 0 Å². The summed E-state index contributed by atoms with van der Waals surface area (Å²) in [6.07, 6.45) is 0.374. The first-order valence-electron chi connectivity index (χ1n) is 7.77. The van der Waals surface area contributed by atoms with E-state index in [1.807, 2.05) is 42.6 Å². The summed E-state index contributed by atoms with van der Waals surface area (Å²) >= 11 is 5.05. The van der Waals surface area contributed by atoms with Gasteiger partial charge in [-0.3, -0.25) is 4.79 Å². The molecule has 0 spiro atoms. The first kappa shape index (κ1) is 18.5. The van der Waals surface area contributed by atoms with Gasteiger partial charge in [0.05, 0.1) is 6.54 Å². The Balaban J connectivity index is 1.76. The first-order chi connectivity index (χ1) is 11.7. The van der Waals surface area contributed by atoms with Crippen molar-refractivity contribution >= 4 is 44.8 Å². The lowest BCUT2D eigenvalue weighted by atomic mass is 10.3. The van der Waals surface area contributed by atoms with Crippen LogP contribution in [0.15, 0.2) is 51.2 Å². The van der Waals surface area contributed by atoms with Crippen molar-refractivity contribution in [1.82, 2.24) is 10.6 Å². The number of carbonyl (C=O) groups is 1. The predicted molar refractivity (Wildman–Crippen MR) is 105 cm³/mol. The zero-order valence-corrected chi connectivity index (χ0v) is 15.9. The molecule has 1 aromatic heterocycles. The summed E-state index contributed by atoms with van der Waals surface area (Å²) in [5.74, 6) is 0.696. The Hall–Kier alpha value is -1.86. The van der Waals surface area contributed by atoms with Crippen LogP contribution in [0.25, 0.3) is 0 Å². The van der Waals surface area contributed by atoms with Crippen LogP contribution >= 0.6 is 27.3 Å². The van der Waals surface area contributed by atoms with Crippen LogP contribution in [0.5, 0.6) is 0 Å². The molecule has 1 heterocycles. The Morgan fingerprint density at radius 3 is 2.67 bits per heavy atom. The maximum Gasteiger partial charge on any atom is 0.226 e. The van der Waals surface area contributed by atoms with Crippen molar-refractivity contribution in [3.63, 3.8) is 0 Å². The second-order valence-electron chi connectivity index (χ2n) is 5.01. The number of thiophene rings is 1. The van der Waals surface area contributed by atoms with Crippen LogP contribution in [0.3, 0.4) is 0 Å². The van der Waals surface area contributed by atoms with Gasteiger partial charge >= 0.3 is 0 Å². The lowest BCUT2D eigenvalue weighted by Gasteiger charge is -2.11. The Kier molecular flexibility index (Phi) is 7.77. The molecule has 0 saturated carbocycles. The number of benzene rings is 1. The van der Waals surface area contributed by atoms with Crippen molar-refractivity contribution in [3.8, 4) is 0 Å². The number of amides is 1. The van der Waals surface area contributed by atoms with E-state index in [0.29, 0.717) is 19.5 Å². The van der Waals surface area contributed by atoms with Gasteiger partial charge in [-0.05, 0) is 42.6 Å². The molecule has 0 fully saturated rings. The van der Waals surface area contributed by atoms with Crippen molar-refractivity contribution in [1.29, 1.82) is 0 Å². The molecule has 0 unspecified atom stereocenters. The highest BCUT2D eigenvalue weighted by Gasteiger charge is 2.04. The highest BCUT2D eigenvalue weighted by molar-refractivity contribution is 9.10. The fraction of sp³-hybridized carbons (Fsp3) is 0.294. The fourth-order valence-corrected chi connectivity index (χ4v) is 2.84. The molecule has 7 heteroatoms. The number of carbonyl (C=O) groups excluding carboxylic acids is 1. The minimum atomic E-state index is -0.0288. The summed E-state index contributed by atoms with van der Waals surface area (Å²) in [5.41, 5.74) is 0.793. The van der Waals surface area contributed by atoms with Gasteiger partial charge in [-0.2, -0.15) is 0 Å². The number of nitrogens with zero attached hydrogens (tertiary/aromatic N) is 1. The van der Waals surface area contributed by atoms with Crippen LogP contribution in [0.4, 0.5) is 5.69 Å². The maximum atomic E-state index is 12.0. The normalized spacial score (nSPS) is 11.2. The molecule has 0 bridgehead atoms. The van der Waals surface area contributed by atoms with Crippen molar-refractivity contribution in [2.45, 2.75) is 19.9 Å². The van der Waals surface area contributed by atoms with Crippen LogP contribution in [0.2, 0.25) is 0 Å². The molecule has 2 aromatic rings. The Labute approximate surface area is 154 Å². The summed E-state index contributed by atoms with van der Waals surface area (Å²) in [5, 5.41) is 11.3. The van der Waals surface area contributed by atoms with E-state index in [2.05, 4.69) is 42.9 Å². The largest absolute Gasteiger partial charge is 0.357 e. The topological polar surface area (TPSA) is 65.5 Å². The van der Waals surface area contributed by atoms with E-state index in [0.717, 1.165) is 22.7 Å². The summed E-state index contributed by atoms with van der Waals surface area (Å²) in [7, 11) is 0. The molecule has 0 aliphatic heterocycles. The third kappa shape index (κ3) is 6.72. The number of rotatable bonds is 7. The molecule has 0 aliphatic rings. The van der Waals surface area contributed by atoms with Crippen LogP contribution < -0.4 is 16.0 Å². The van der Waals surface area contributed by atoms with Gasteiger partial charge in [-0.15, -0.1) is 11.3 Å². The first-order valence-corrected chi connectivity index (χ1v) is 9.44. The average molecular weight is 409 g/mol. The van der Waals surface area contributed by atoms with Crippen LogP contribution in [0.1, 0.15) is 18.2 Å². The van der Waals surface area contributed by atoms with Gasteiger partial charge in [0.1, 0.15) is 0 Å². The van der Waals surface area contributed by atoms with Gasteiger partial charge < -0.3 is 16.0 Å². The zero-order valence-electron chi connectivity index (χ0n) is 13.5. The summed E-state index contributed by atoms with van der Waals surface area (Å²) in [4.78, 5) is 17.7. The minimum Gasteiger partial charge on any atom is -0.357 e. The molecule has 0 saturated heterocycles. The molecule has 24 heavy (non-hydrogen) atoms. The van der Waals surface area contributed by atoms with Crippen molar-refractivity contribution in [2.75, 3.05) is 18.4 Å². The van der Waals surface area contributed by atoms with Gasteiger partial charge in [0, 0.05) is 34.5 Å². The lowest BCUT2D eigenvalue weighted by Crippen LogP contribution is -2.38. The van der Waals surface area contributed by atoms with E-state index in [9.17, 15) is 4.79 Å². The molecule has 1 amide bonds. The van der Waals surface area contributed by atoms with Gasteiger partial charge in [-0.1, -0.05) is 22.0 Å². The molecular weight excluding hydrogens is 388 g/mol. The van der Waals surface area contributed by atoms with Crippen LogP contribution in [0, 0.1) is 0 Å². The summed E-state index contributed by atoms with van der Waals surface area (Å²) < 4.78 is 0.986. The highest BCUT2D eigenvalue weighted by Crippen LogP contribution is 2.14. The van der Waals surface area contributed by atoms with Gasteiger partial charge in [0.15, 0.2) is 5.96 Å². The number of hydrogen-bond donors (Lipinski definition) is 3.